The molecule has 148 valence electrons. The Morgan fingerprint density at radius 2 is 1.72 bits per heavy atom. The van der Waals surface area contributed by atoms with E-state index in [9.17, 15) is 9.59 Å². The van der Waals surface area contributed by atoms with Crippen molar-refractivity contribution < 1.29 is 14.3 Å². The summed E-state index contributed by atoms with van der Waals surface area (Å²) in [6, 6.07) is 20.1. The largest absolute Gasteiger partial charge is 0.455 e. The van der Waals surface area contributed by atoms with Gasteiger partial charge in [0.2, 0.25) is 0 Å². The van der Waals surface area contributed by atoms with Crippen LogP contribution in [0.1, 0.15) is 54.9 Å². The Morgan fingerprint density at radius 1 is 1.07 bits per heavy atom. The molecule has 1 aliphatic rings. The average Bonchev–Trinajstić information content (AvgIpc) is 3.07. The highest BCUT2D eigenvalue weighted by atomic mass is 16.5. The fourth-order valence-corrected chi connectivity index (χ4v) is 4.15. The lowest BCUT2D eigenvalue weighted by Crippen LogP contribution is -2.35. The van der Waals surface area contributed by atoms with E-state index in [1.54, 1.807) is 0 Å². The highest BCUT2D eigenvalue weighted by Gasteiger charge is 2.45. The first-order chi connectivity index (χ1) is 13.8. The van der Waals surface area contributed by atoms with Crippen LogP contribution >= 0.6 is 0 Å². The summed E-state index contributed by atoms with van der Waals surface area (Å²) >= 11 is 0. The molecule has 1 heterocycles. The van der Waals surface area contributed by atoms with E-state index >= 15 is 0 Å². The Morgan fingerprint density at radius 3 is 2.34 bits per heavy atom. The average molecular weight is 387 g/mol. The summed E-state index contributed by atoms with van der Waals surface area (Å²) in [5.41, 5.74) is 4.92. The quantitative estimate of drug-likeness (QED) is 0.544. The van der Waals surface area contributed by atoms with Gasteiger partial charge in [-0.25, -0.2) is 0 Å². The molecule has 0 unspecified atom stereocenters. The SMILES string of the molecule is CC(=O)O[C@@H]1c2c(cc(-c3ccccc3)n2-c2ccc(C)cc2)C(=O)CC1(C)C. The van der Waals surface area contributed by atoms with Crippen LogP contribution < -0.4 is 0 Å². The first-order valence-corrected chi connectivity index (χ1v) is 9.86. The van der Waals surface area contributed by atoms with Crippen LogP contribution in [0.3, 0.4) is 0 Å². The number of fused-ring (bicyclic) bond motifs is 1. The molecule has 0 aliphatic heterocycles. The molecule has 2 aromatic carbocycles. The molecule has 0 spiro atoms. The Balaban J connectivity index is 2.05. The molecule has 1 aromatic heterocycles. The van der Waals surface area contributed by atoms with Crippen molar-refractivity contribution in [2.45, 2.75) is 40.2 Å². The van der Waals surface area contributed by atoms with Crippen molar-refractivity contribution in [1.29, 1.82) is 0 Å². The number of aryl methyl sites for hydroxylation is 1. The zero-order valence-corrected chi connectivity index (χ0v) is 17.2. The zero-order valence-electron chi connectivity index (χ0n) is 17.2. The minimum absolute atomic E-state index is 0.0800. The van der Waals surface area contributed by atoms with E-state index in [-0.39, 0.29) is 11.8 Å². The lowest BCUT2D eigenvalue weighted by molar-refractivity contribution is -0.154. The molecular formula is C25H25NO3. The van der Waals surface area contributed by atoms with Crippen molar-refractivity contribution >= 4 is 11.8 Å². The Bertz CT molecular complexity index is 1080. The van der Waals surface area contributed by atoms with Crippen LogP contribution in [0.5, 0.6) is 0 Å². The van der Waals surface area contributed by atoms with Gasteiger partial charge in [-0.1, -0.05) is 61.9 Å². The van der Waals surface area contributed by atoms with Crippen LogP contribution in [0.4, 0.5) is 0 Å². The second-order valence-corrected chi connectivity index (χ2v) is 8.44. The number of carbonyl (C=O) groups excluding carboxylic acids is 2. The molecular weight excluding hydrogens is 362 g/mol. The van der Waals surface area contributed by atoms with Crippen molar-refractivity contribution in [3.05, 3.63) is 77.5 Å². The molecule has 0 saturated carbocycles. The van der Waals surface area contributed by atoms with E-state index in [0.717, 1.165) is 28.2 Å². The molecule has 0 saturated heterocycles. The van der Waals surface area contributed by atoms with E-state index in [1.165, 1.54) is 6.92 Å². The first-order valence-electron chi connectivity index (χ1n) is 9.86. The highest BCUT2D eigenvalue weighted by Crippen LogP contribution is 2.48. The number of esters is 1. The number of ether oxygens (including phenoxy) is 1. The van der Waals surface area contributed by atoms with Crippen LogP contribution in [0.2, 0.25) is 0 Å². The normalized spacial score (nSPS) is 17.7. The zero-order chi connectivity index (χ0) is 20.8. The number of nitrogens with zero attached hydrogens (tertiary/aromatic N) is 1. The lowest BCUT2D eigenvalue weighted by atomic mass is 9.73. The third-order valence-corrected chi connectivity index (χ3v) is 5.56. The summed E-state index contributed by atoms with van der Waals surface area (Å²) in [5.74, 6) is -0.266. The second kappa shape index (κ2) is 7.03. The number of rotatable bonds is 3. The molecule has 0 bridgehead atoms. The minimum Gasteiger partial charge on any atom is -0.455 e. The fourth-order valence-electron chi connectivity index (χ4n) is 4.15. The van der Waals surface area contributed by atoms with E-state index in [1.807, 2.05) is 81.4 Å². The fraction of sp³-hybridized carbons (Fsp3) is 0.280. The number of hydrogen-bond donors (Lipinski definition) is 0. The van der Waals surface area contributed by atoms with Crippen LogP contribution in [0.15, 0.2) is 60.7 Å². The number of benzene rings is 2. The number of carbonyl (C=O) groups is 2. The molecule has 4 heteroatoms. The van der Waals surface area contributed by atoms with Gasteiger partial charge >= 0.3 is 5.97 Å². The lowest BCUT2D eigenvalue weighted by Gasteiger charge is -2.38. The standard InChI is InChI=1S/C25H25NO3/c1-16-10-12-19(13-11-16)26-21(18-8-6-5-7-9-18)14-20-22(28)15-25(3,4)24(23(20)26)29-17(2)27/h5-14,24H,15H2,1-4H3/t24-/m1/s1. The number of Topliss-reactive ketones (excluding diaryl/α,β-unsaturated/α-hetero) is 1. The summed E-state index contributed by atoms with van der Waals surface area (Å²) in [5, 5.41) is 0. The summed E-state index contributed by atoms with van der Waals surface area (Å²) in [4.78, 5) is 25.0. The minimum atomic E-state index is -0.508. The molecule has 4 rings (SSSR count). The van der Waals surface area contributed by atoms with Crippen LogP contribution in [-0.4, -0.2) is 16.3 Å². The summed E-state index contributed by atoms with van der Waals surface area (Å²) in [7, 11) is 0. The molecule has 3 aromatic rings. The van der Waals surface area contributed by atoms with Crippen molar-refractivity contribution in [3.8, 4) is 16.9 Å². The van der Waals surface area contributed by atoms with Gasteiger partial charge in [-0.15, -0.1) is 0 Å². The van der Waals surface area contributed by atoms with Crippen molar-refractivity contribution in [2.75, 3.05) is 0 Å². The molecule has 4 nitrogen and oxygen atoms in total. The van der Waals surface area contributed by atoms with Crippen molar-refractivity contribution in [3.63, 3.8) is 0 Å². The van der Waals surface area contributed by atoms with Crippen molar-refractivity contribution in [1.82, 2.24) is 4.57 Å². The maximum Gasteiger partial charge on any atom is 0.303 e. The van der Waals surface area contributed by atoms with Gasteiger partial charge in [0.25, 0.3) is 0 Å². The Hall–Kier alpha value is -3.14. The number of hydrogen-bond acceptors (Lipinski definition) is 3. The highest BCUT2D eigenvalue weighted by molar-refractivity contribution is 6.01. The summed E-state index contributed by atoms with van der Waals surface area (Å²) < 4.78 is 7.88. The van der Waals surface area contributed by atoms with E-state index < -0.39 is 11.5 Å². The molecule has 1 atom stereocenters. The smallest absolute Gasteiger partial charge is 0.303 e. The van der Waals surface area contributed by atoms with Crippen LogP contribution in [0.25, 0.3) is 16.9 Å². The van der Waals surface area contributed by atoms with Gasteiger partial charge in [0, 0.05) is 30.0 Å². The van der Waals surface area contributed by atoms with E-state index in [2.05, 4.69) is 4.57 Å². The molecule has 0 N–H and O–H groups in total. The van der Waals surface area contributed by atoms with Gasteiger partial charge in [-0.2, -0.15) is 0 Å². The number of aromatic nitrogens is 1. The topological polar surface area (TPSA) is 48.3 Å². The molecule has 0 fully saturated rings. The van der Waals surface area contributed by atoms with Gasteiger partial charge in [-0.3, -0.25) is 9.59 Å². The van der Waals surface area contributed by atoms with Crippen LogP contribution in [0, 0.1) is 12.3 Å². The van der Waals surface area contributed by atoms with Crippen molar-refractivity contribution in [2.24, 2.45) is 5.41 Å². The molecule has 1 aliphatic carbocycles. The van der Waals surface area contributed by atoms with Gasteiger partial charge in [0.05, 0.1) is 11.4 Å². The monoisotopic (exact) mass is 387 g/mol. The third-order valence-electron chi connectivity index (χ3n) is 5.56. The Kier molecular flexibility index (Phi) is 4.65. The van der Waals surface area contributed by atoms with Gasteiger partial charge in [0.1, 0.15) is 6.10 Å². The molecule has 0 radical (unpaired) electrons. The predicted molar refractivity (Wildman–Crippen MR) is 113 cm³/mol. The molecule has 0 amide bonds. The molecule has 29 heavy (non-hydrogen) atoms. The second-order valence-electron chi connectivity index (χ2n) is 8.44. The third kappa shape index (κ3) is 3.39. The first kappa shape index (κ1) is 19.2. The van der Waals surface area contributed by atoms with Crippen LogP contribution in [-0.2, 0) is 9.53 Å². The van der Waals surface area contributed by atoms with Gasteiger partial charge in [-0.05, 0) is 30.7 Å². The predicted octanol–water partition coefficient (Wildman–Crippen LogP) is 5.67. The Labute approximate surface area is 171 Å². The van der Waals surface area contributed by atoms with Gasteiger partial charge < -0.3 is 9.30 Å². The van der Waals surface area contributed by atoms with Gasteiger partial charge in [0.15, 0.2) is 5.78 Å². The number of ketones is 1. The maximum atomic E-state index is 13.1. The van der Waals surface area contributed by atoms with E-state index in [0.29, 0.717) is 12.0 Å². The summed E-state index contributed by atoms with van der Waals surface area (Å²) in [6.45, 7) is 7.43. The van der Waals surface area contributed by atoms with E-state index in [4.69, 9.17) is 4.74 Å². The summed E-state index contributed by atoms with van der Waals surface area (Å²) in [6.07, 6.45) is -0.171. The maximum absolute atomic E-state index is 13.1.